The number of nitrogens with zero attached hydrogens (tertiary/aromatic N) is 1. The standard InChI is InChI=1S/C17H22N2O3/c1-2-22-14-9-5-12(6-10-14)17(21)19-11-3-4-15(19)16(20)18-13-7-8-13/h5-6,9-10,13,15H,2-4,7-8,11H2,1H3,(H,18,20)/t15-/m1/s1. The van der Waals surface area contributed by atoms with Crippen LogP contribution in [0.1, 0.15) is 43.0 Å². The van der Waals surface area contributed by atoms with Gasteiger partial charge in [-0.25, -0.2) is 0 Å². The van der Waals surface area contributed by atoms with Gasteiger partial charge < -0.3 is 15.0 Å². The lowest BCUT2D eigenvalue weighted by molar-refractivity contribution is -0.125. The van der Waals surface area contributed by atoms with Gasteiger partial charge in [-0.1, -0.05) is 0 Å². The van der Waals surface area contributed by atoms with E-state index in [0.717, 1.165) is 31.4 Å². The molecule has 1 saturated heterocycles. The van der Waals surface area contributed by atoms with E-state index in [-0.39, 0.29) is 17.9 Å². The van der Waals surface area contributed by atoms with Gasteiger partial charge in [0, 0.05) is 18.2 Å². The van der Waals surface area contributed by atoms with Crippen molar-refractivity contribution in [2.24, 2.45) is 0 Å². The van der Waals surface area contributed by atoms with Gasteiger partial charge in [0.05, 0.1) is 6.61 Å². The second-order valence-electron chi connectivity index (χ2n) is 5.90. The topological polar surface area (TPSA) is 58.6 Å². The highest BCUT2D eigenvalue weighted by atomic mass is 16.5. The number of hydrogen-bond acceptors (Lipinski definition) is 3. The minimum Gasteiger partial charge on any atom is -0.494 e. The third kappa shape index (κ3) is 3.24. The second kappa shape index (κ2) is 6.38. The van der Waals surface area contributed by atoms with Gasteiger partial charge in [0.1, 0.15) is 11.8 Å². The highest BCUT2D eigenvalue weighted by molar-refractivity contribution is 5.98. The number of likely N-dealkylation sites (tertiary alicyclic amines) is 1. The van der Waals surface area contributed by atoms with Crippen molar-refractivity contribution in [2.75, 3.05) is 13.2 Å². The quantitative estimate of drug-likeness (QED) is 0.904. The Hall–Kier alpha value is -2.04. The SMILES string of the molecule is CCOc1ccc(C(=O)N2CCC[C@@H]2C(=O)NC2CC2)cc1. The molecule has 2 aliphatic rings. The van der Waals surface area contributed by atoms with E-state index >= 15 is 0 Å². The number of benzene rings is 1. The highest BCUT2D eigenvalue weighted by Crippen LogP contribution is 2.24. The van der Waals surface area contributed by atoms with Gasteiger partial charge in [0.2, 0.25) is 5.91 Å². The minimum atomic E-state index is -0.320. The Morgan fingerprint density at radius 3 is 2.59 bits per heavy atom. The molecule has 1 aromatic carbocycles. The van der Waals surface area contributed by atoms with Gasteiger partial charge in [-0.05, 0) is 56.9 Å². The van der Waals surface area contributed by atoms with E-state index in [1.165, 1.54) is 0 Å². The molecule has 0 spiro atoms. The minimum absolute atomic E-state index is 0.000661. The molecule has 1 aliphatic carbocycles. The van der Waals surface area contributed by atoms with Crippen LogP contribution in [0.3, 0.4) is 0 Å². The first kappa shape index (κ1) is 14.9. The molecule has 1 N–H and O–H groups in total. The third-order valence-electron chi connectivity index (χ3n) is 4.15. The van der Waals surface area contributed by atoms with Gasteiger partial charge in [-0.15, -0.1) is 0 Å². The van der Waals surface area contributed by atoms with E-state index in [4.69, 9.17) is 4.74 Å². The monoisotopic (exact) mass is 302 g/mol. The molecule has 1 atom stereocenters. The molecule has 5 heteroatoms. The number of ether oxygens (including phenoxy) is 1. The number of rotatable bonds is 5. The summed E-state index contributed by atoms with van der Waals surface area (Å²) < 4.78 is 5.39. The van der Waals surface area contributed by atoms with Crippen LogP contribution in [0.2, 0.25) is 0 Å². The maximum absolute atomic E-state index is 12.6. The van der Waals surface area contributed by atoms with E-state index in [9.17, 15) is 9.59 Å². The van der Waals surface area contributed by atoms with Crippen LogP contribution in [-0.2, 0) is 4.79 Å². The Morgan fingerprint density at radius 1 is 1.23 bits per heavy atom. The largest absolute Gasteiger partial charge is 0.494 e. The molecule has 1 aromatic rings. The molecule has 0 bridgehead atoms. The fraction of sp³-hybridized carbons (Fsp3) is 0.529. The van der Waals surface area contributed by atoms with Crippen LogP contribution in [0.4, 0.5) is 0 Å². The fourth-order valence-electron chi connectivity index (χ4n) is 2.83. The number of nitrogens with one attached hydrogen (secondary N) is 1. The van der Waals surface area contributed by atoms with Crippen LogP contribution >= 0.6 is 0 Å². The van der Waals surface area contributed by atoms with Crippen molar-refractivity contribution in [3.05, 3.63) is 29.8 Å². The van der Waals surface area contributed by atoms with Crippen LogP contribution in [0, 0.1) is 0 Å². The number of hydrogen-bond donors (Lipinski definition) is 1. The summed E-state index contributed by atoms with van der Waals surface area (Å²) in [6.45, 7) is 3.17. The summed E-state index contributed by atoms with van der Waals surface area (Å²) in [4.78, 5) is 26.6. The summed E-state index contributed by atoms with van der Waals surface area (Å²) in [5, 5.41) is 3.01. The lowest BCUT2D eigenvalue weighted by Gasteiger charge is -2.24. The number of amides is 2. The van der Waals surface area contributed by atoms with Crippen molar-refractivity contribution in [3.8, 4) is 5.75 Å². The Kier molecular flexibility index (Phi) is 4.32. The molecule has 1 saturated carbocycles. The Morgan fingerprint density at radius 2 is 1.95 bits per heavy atom. The normalized spacial score (nSPS) is 20.8. The molecule has 1 heterocycles. The van der Waals surface area contributed by atoms with Gasteiger partial charge in [0.25, 0.3) is 5.91 Å². The lowest BCUT2D eigenvalue weighted by Crippen LogP contribution is -2.46. The number of carbonyl (C=O) groups is 2. The van der Waals surface area contributed by atoms with E-state index in [1.54, 1.807) is 29.2 Å². The van der Waals surface area contributed by atoms with Gasteiger partial charge in [-0.3, -0.25) is 9.59 Å². The molecule has 2 amide bonds. The molecule has 0 unspecified atom stereocenters. The number of carbonyl (C=O) groups excluding carboxylic acids is 2. The first-order chi connectivity index (χ1) is 10.7. The van der Waals surface area contributed by atoms with Crippen LogP contribution in [0.5, 0.6) is 5.75 Å². The average Bonchev–Trinajstić information content (AvgIpc) is 3.19. The summed E-state index contributed by atoms with van der Waals surface area (Å²) in [5.74, 6) is 0.680. The summed E-state index contributed by atoms with van der Waals surface area (Å²) in [5.41, 5.74) is 0.606. The van der Waals surface area contributed by atoms with E-state index in [1.807, 2.05) is 6.92 Å². The fourth-order valence-corrected chi connectivity index (χ4v) is 2.83. The Bertz CT molecular complexity index is 552. The van der Waals surface area contributed by atoms with Gasteiger partial charge in [0.15, 0.2) is 0 Å². The van der Waals surface area contributed by atoms with Crippen molar-refractivity contribution in [2.45, 2.75) is 44.7 Å². The Labute approximate surface area is 130 Å². The van der Waals surface area contributed by atoms with Crippen molar-refractivity contribution >= 4 is 11.8 Å². The van der Waals surface area contributed by atoms with Crippen LogP contribution in [-0.4, -0.2) is 41.9 Å². The zero-order valence-corrected chi connectivity index (χ0v) is 12.9. The van der Waals surface area contributed by atoms with Crippen molar-refractivity contribution in [1.82, 2.24) is 10.2 Å². The Balaban J connectivity index is 1.68. The molecular weight excluding hydrogens is 280 g/mol. The average molecular weight is 302 g/mol. The predicted octanol–water partition coefficient (Wildman–Crippen LogP) is 1.97. The molecule has 0 radical (unpaired) electrons. The van der Waals surface area contributed by atoms with Crippen LogP contribution in [0.15, 0.2) is 24.3 Å². The summed E-state index contributed by atoms with van der Waals surface area (Å²) in [7, 11) is 0. The highest BCUT2D eigenvalue weighted by Gasteiger charge is 2.36. The van der Waals surface area contributed by atoms with Crippen LogP contribution in [0.25, 0.3) is 0 Å². The van der Waals surface area contributed by atoms with E-state index < -0.39 is 0 Å². The molecule has 1 aliphatic heterocycles. The van der Waals surface area contributed by atoms with Crippen molar-refractivity contribution in [1.29, 1.82) is 0 Å². The maximum atomic E-state index is 12.6. The molecular formula is C17H22N2O3. The second-order valence-corrected chi connectivity index (χ2v) is 5.90. The van der Waals surface area contributed by atoms with E-state index in [2.05, 4.69) is 5.32 Å². The van der Waals surface area contributed by atoms with Crippen molar-refractivity contribution in [3.63, 3.8) is 0 Å². The molecule has 5 nitrogen and oxygen atoms in total. The molecule has 0 aromatic heterocycles. The van der Waals surface area contributed by atoms with Gasteiger partial charge in [-0.2, -0.15) is 0 Å². The lowest BCUT2D eigenvalue weighted by atomic mass is 10.1. The molecule has 3 rings (SSSR count). The maximum Gasteiger partial charge on any atom is 0.254 e. The zero-order valence-electron chi connectivity index (χ0n) is 12.9. The molecule has 118 valence electrons. The smallest absolute Gasteiger partial charge is 0.254 e. The third-order valence-corrected chi connectivity index (χ3v) is 4.15. The van der Waals surface area contributed by atoms with Gasteiger partial charge >= 0.3 is 0 Å². The summed E-state index contributed by atoms with van der Waals surface area (Å²) in [6.07, 6.45) is 3.75. The molecule has 2 fully saturated rings. The van der Waals surface area contributed by atoms with E-state index in [0.29, 0.717) is 24.8 Å². The summed E-state index contributed by atoms with van der Waals surface area (Å²) >= 11 is 0. The first-order valence-electron chi connectivity index (χ1n) is 8.03. The summed E-state index contributed by atoms with van der Waals surface area (Å²) in [6, 6.07) is 7.14. The van der Waals surface area contributed by atoms with Crippen LogP contribution < -0.4 is 10.1 Å². The predicted molar refractivity (Wildman–Crippen MR) is 82.8 cm³/mol. The van der Waals surface area contributed by atoms with Crippen molar-refractivity contribution < 1.29 is 14.3 Å². The zero-order chi connectivity index (χ0) is 15.5. The first-order valence-corrected chi connectivity index (χ1v) is 8.03. The molecule has 22 heavy (non-hydrogen) atoms.